The summed E-state index contributed by atoms with van der Waals surface area (Å²) < 4.78 is 26.3. The first-order chi connectivity index (χ1) is 7.82. The predicted molar refractivity (Wildman–Crippen MR) is 65.2 cm³/mol. The monoisotopic (exact) mass is 239 g/mol. The van der Waals surface area contributed by atoms with Gasteiger partial charge < -0.3 is 5.73 Å². The van der Waals surface area contributed by atoms with Crippen molar-refractivity contribution in [1.29, 1.82) is 0 Å². The topological polar surface area (TPSA) is 26.0 Å². The van der Waals surface area contributed by atoms with Gasteiger partial charge >= 0.3 is 0 Å². The largest absolute Gasteiger partial charge is 0.321 e. The van der Waals surface area contributed by atoms with Crippen LogP contribution in [-0.2, 0) is 5.54 Å². The quantitative estimate of drug-likeness (QED) is 0.795. The first-order valence-corrected chi connectivity index (χ1v) is 6.07. The molecule has 1 fully saturated rings. The van der Waals surface area contributed by atoms with Gasteiger partial charge in [0.05, 0.1) is 0 Å². The molecule has 1 aliphatic rings. The van der Waals surface area contributed by atoms with Crippen LogP contribution in [-0.4, -0.2) is 5.92 Å². The van der Waals surface area contributed by atoms with Gasteiger partial charge in [0, 0.05) is 18.4 Å². The second-order valence-electron chi connectivity index (χ2n) is 5.31. The minimum Gasteiger partial charge on any atom is -0.321 e. The van der Waals surface area contributed by atoms with Crippen LogP contribution in [0.25, 0.3) is 0 Å². The summed E-state index contributed by atoms with van der Waals surface area (Å²) in [5.74, 6) is -2.53. The molecule has 0 bridgehead atoms. The molecule has 1 aromatic carbocycles. The fourth-order valence-electron chi connectivity index (χ4n) is 2.40. The first-order valence-electron chi connectivity index (χ1n) is 6.07. The Morgan fingerprint density at radius 1 is 1.00 bits per heavy atom. The number of nitrogens with two attached hydrogens (primary N) is 1. The molecule has 0 radical (unpaired) electrons. The summed E-state index contributed by atoms with van der Waals surface area (Å²) in [6.07, 6.45) is 0.526. The average molecular weight is 239 g/mol. The fraction of sp³-hybridized carbons (Fsp3) is 0.571. The molecule has 0 spiro atoms. The summed E-state index contributed by atoms with van der Waals surface area (Å²) in [5, 5.41) is 0. The summed E-state index contributed by atoms with van der Waals surface area (Å²) in [5.41, 5.74) is 9.09. The molecule has 2 rings (SSSR count). The molecule has 2 N–H and O–H groups in total. The van der Waals surface area contributed by atoms with Crippen LogP contribution >= 0.6 is 0 Å². The number of rotatable bonds is 1. The normalized spacial score (nSPS) is 22.4. The lowest BCUT2D eigenvalue weighted by Gasteiger charge is -2.37. The summed E-state index contributed by atoms with van der Waals surface area (Å²) in [6, 6.07) is 6.04. The van der Waals surface area contributed by atoms with Crippen molar-refractivity contribution in [3.8, 4) is 0 Å². The lowest BCUT2D eigenvalue weighted by molar-refractivity contribution is -0.0514. The van der Waals surface area contributed by atoms with E-state index < -0.39 is 11.5 Å². The maximum Gasteiger partial charge on any atom is 0.248 e. The Morgan fingerprint density at radius 3 is 2.12 bits per heavy atom. The van der Waals surface area contributed by atoms with Gasteiger partial charge in [-0.15, -0.1) is 0 Å². The van der Waals surface area contributed by atoms with Crippen LogP contribution in [0.3, 0.4) is 0 Å². The van der Waals surface area contributed by atoms with Gasteiger partial charge in [-0.1, -0.05) is 18.2 Å². The molecule has 1 aromatic rings. The van der Waals surface area contributed by atoms with E-state index >= 15 is 0 Å². The minimum absolute atomic E-state index is 0.101. The second-order valence-corrected chi connectivity index (χ2v) is 5.31. The second kappa shape index (κ2) is 4.05. The number of alkyl halides is 2. The molecule has 17 heavy (non-hydrogen) atoms. The van der Waals surface area contributed by atoms with Crippen molar-refractivity contribution >= 4 is 0 Å². The van der Waals surface area contributed by atoms with Crippen molar-refractivity contribution in [1.82, 2.24) is 0 Å². The molecule has 0 aliphatic heterocycles. The summed E-state index contributed by atoms with van der Waals surface area (Å²) in [7, 11) is 0. The Bertz CT molecular complexity index is 416. The molecule has 1 aliphatic carbocycles. The Labute approximate surface area is 101 Å². The van der Waals surface area contributed by atoms with Crippen LogP contribution in [0.4, 0.5) is 8.78 Å². The van der Waals surface area contributed by atoms with Gasteiger partial charge in [-0.05, 0) is 43.4 Å². The van der Waals surface area contributed by atoms with Gasteiger partial charge in [0.15, 0.2) is 0 Å². The molecule has 0 amide bonds. The molecular weight excluding hydrogens is 220 g/mol. The standard InChI is InChI=1S/C14H19F2N/c1-10-3-4-12(9-11(10)2)13(17)5-7-14(15,16)8-6-13/h3-4,9H,5-8,17H2,1-2H3. The Morgan fingerprint density at radius 2 is 1.59 bits per heavy atom. The van der Waals surface area contributed by atoms with Crippen LogP contribution in [0.1, 0.15) is 42.4 Å². The van der Waals surface area contributed by atoms with Crippen molar-refractivity contribution in [2.24, 2.45) is 5.73 Å². The molecule has 0 atom stereocenters. The van der Waals surface area contributed by atoms with Gasteiger partial charge in [-0.25, -0.2) is 8.78 Å². The van der Waals surface area contributed by atoms with E-state index in [2.05, 4.69) is 0 Å². The third kappa shape index (κ3) is 2.49. The smallest absolute Gasteiger partial charge is 0.248 e. The fourth-order valence-corrected chi connectivity index (χ4v) is 2.40. The molecule has 0 heterocycles. The maximum atomic E-state index is 13.2. The third-order valence-corrected chi connectivity index (χ3v) is 3.96. The van der Waals surface area contributed by atoms with E-state index in [4.69, 9.17) is 5.73 Å². The molecule has 3 heteroatoms. The highest BCUT2D eigenvalue weighted by Gasteiger charge is 2.42. The van der Waals surface area contributed by atoms with E-state index in [1.807, 2.05) is 32.0 Å². The van der Waals surface area contributed by atoms with Crippen LogP contribution < -0.4 is 5.73 Å². The van der Waals surface area contributed by atoms with Crippen molar-refractivity contribution < 1.29 is 8.78 Å². The van der Waals surface area contributed by atoms with Crippen LogP contribution in [0.15, 0.2) is 18.2 Å². The lowest BCUT2D eigenvalue weighted by Crippen LogP contribution is -2.43. The lowest BCUT2D eigenvalue weighted by atomic mass is 9.75. The average Bonchev–Trinajstić information content (AvgIpc) is 2.27. The molecule has 0 saturated heterocycles. The van der Waals surface area contributed by atoms with Crippen molar-refractivity contribution in [2.75, 3.05) is 0 Å². The summed E-state index contributed by atoms with van der Waals surface area (Å²) >= 11 is 0. The van der Waals surface area contributed by atoms with Gasteiger partial charge in [-0.3, -0.25) is 0 Å². The highest BCUT2D eigenvalue weighted by atomic mass is 19.3. The van der Waals surface area contributed by atoms with E-state index in [-0.39, 0.29) is 12.8 Å². The Balaban J connectivity index is 2.24. The highest BCUT2D eigenvalue weighted by Crippen LogP contribution is 2.42. The van der Waals surface area contributed by atoms with Crippen LogP contribution in [0, 0.1) is 13.8 Å². The molecule has 1 nitrogen and oxygen atoms in total. The Hall–Kier alpha value is -0.960. The number of hydrogen-bond acceptors (Lipinski definition) is 1. The maximum absolute atomic E-state index is 13.2. The van der Waals surface area contributed by atoms with E-state index in [9.17, 15) is 8.78 Å². The van der Waals surface area contributed by atoms with Gasteiger partial charge in [0.2, 0.25) is 5.92 Å². The van der Waals surface area contributed by atoms with Crippen LogP contribution in [0.2, 0.25) is 0 Å². The molecule has 0 aromatic heterocycles. The van der Waals surface area contributed by atoms with Gasteiger partial charge in [0.1, 0.15) is 0 Å². The number of halogens is 2. The number of benzene rings is 1. The zero-order valence-electron chi connectivity index (χ0n) is 10.4. The van der Waals surface area contributed by atoms with Gasteiger partial charge in [0.25, 0.3) is 0 Å². The summed E-state index contributed by atoms with van der Waals surface area (Å²) in [6.45, 7) is 4.07. The van der Waals surface area contributed by atoms with E-state index in [1.54, 1.807) is 0 Å². The molecular formula is C14H19F2N. The molecule has 1 saturated carbocycles. The molecule has 0 unspecified atom stereocenters. The van der Waals surface area contributed by atoms with E-state index in [0.29, 0.717) is 12.8 Å². The number of hydrogen-bond donors (Lipinski definition) is 1. The zero-order chi connectivity index (χ0) is 12.7. The van der Waals surface area contributed by atoms with E-state index in [0.717, 1.165) is 5.56 Å². The minimum atomic E-state index is -2.53. The SMILES string of the molecule is Cc1ccc(C2(N)CCC(F)(F)CC2)cc1C. The highest BCUT2D eigenvalue weighted by molar-refractivity contribution is 5.34. The van der Waals surface area contributed by atoms with Crippen molar-refractivity contribution in [3.05, 3.63) is 34.9 Å². The van der Waals surface area contributed by atoms with Crippen molar-refractivity contribution in [2.45, 2.75) is 51.0 Å². The third-order valence-electron chi connectivity index (χ3n) is 3.96. The van der Waals surface area contributed by atoms with Gasteiger partial charge in [-0.2, -0.15) is 0 Å². The zero-order valence-corrected chi connectivity index (χ0v) is 10.4. The van der Waals surface area contributed by atoms with E-state index in [1.165, 1.54) is 11.1 Å². The Kier molecular flexibility index (Phi) is 2.98. The molecule has 94 valence electrons. The summed E-state index contributed by atoms with van der Waals surface area (Å²) in [4.78, 5) is 0. The number of aryl methyl sites for hydroxylation is 2. The van der Waals surface area contributed by atoms with Crippen molar-refractivity contribution in [3.63, 3.8) is 0 Å². The van der Waals surface area contributed by atoms with Crippen LogP contribution in [0.5, 0.6) is 0 Å². The first kappa shape index (κ1) is 12.5. The predicted octanol–water partition coefficient (Wildman–Crippen LogP) is 3.67.